The largest absolute Gasteiger partial charge is 0.287 e. The van der Waals surface area contributed by atoms with Crippen LogP contribution in [0.15, 0.2) is 11.6 Å². The van der Waals surface area contributed by atoms with Gasteiger partial charge in [-0.15, -0.1) is 11.6 Å². The average Bonchev–Trinajstić information content (AvgIpc) is 2.41. The lowest BCUT2D eigenvalue weighted by Gasteiger charge is -2.36. The van der Waals surface area contributed by atoms with Crippen molar-refractivity contribution >= 4 is 11.6 Å². The summed E-state index contributed by atoms with van der Waals surface area (Å²) in [5.74, 6) is -2.77. The van der Waals surface area contributed by atoms with Crippen molar-refractivity contribution < 1.29 is 8.78 Å². The predicted molar refractivity (Wildman–Crippen MR) is 79.1 cm³/mol. The number of hydrogen-bond acceptors (Lipinski definition) is 0. The Morgan fingerprint density at radius 1 is 1.05 bits per heavy atom. The zero-order valence-electron chi connectivity index (χ0n) is 12.4. The first-order valence-corrected chi connectivity index (χ1v) is 7.93. The Bertz CT molecular complexity index is 298. The molecular formula is C16H27ClF2. The summed E-state index contributed by atoms with van der Waals surface area (Å²) in [6, 6.07) is 0. The maximum atomic E-state index is 14.7. The standard InChI is InChI=1S/C16H27ClF2/c1-13(2)12-14(3)16(18,19)15(17)10-8-6-4-5-7-9-11-15/h12-13H,4-11H2,1-3H3/b14-12+. The predicted octanol–water partition coefficient (Wildman–Crippen LogP) is 6.34. The molecule has 0 nitrogen and oxygen atoms in total. The minimum atomic E-state index is -2.90. The second-order valence-corrected chi connectivity index (χ2v) is 6.98. The van der Waals surface area contributed by atoms with Crippen molar-refractivity contribution in [1.82, 2.24) is 0 Å². The van der Waals surface area contributed by atoms with E-state index in [9.17, 15) is 8.78 Å². The van der Waals surface area contributed by atoms with Crippen LogP contribution < -0.4 is 0 Å². The molecule has 0 N–H and O–H groups in total. The Hall–Kier alpha value is -0.110. The molecule has 1 saturated carbocycles. The van der Waals surface area contributed by atoms with Gasteiger partial charge in [-0.25, -0.2) is 0 Å². The third-order valence-electron chi connectivity index (χ3n) is 4.04. The van der Waals surface area contributed by atoms with Crippen molar-refractivity contribution in [2.75, 3.05) is 0 Å². The van der Waals surface area contributed by atoms with Crippen LogP contribution in [0.3, 0.4) is 0 Å². The van der Waals surface area contributed by atoms with Gasteiger partial charge in [-0.3, -0.25) is 0 Å². The summed E-state index contributed by atoms with van der Waals surface area (Å²) in [5, 5.41) is 0. The molecule has 1 rings (SSSR count). The molecule has 0 bridgehead atoms. The lowest BCUT2D eigenvalue weighted by atomic mass is 9.85. The molecule has 0 aromatic rings. The van der Waals surface area contributed by atoms with Gasteiger partial charge in [0.1, 0.15) is 4.87 Å². The van der Waals surface area contributed by atoms with Crippen LogP contribution >= 0.6 is 11.6 Å². The molecule has 0 aromatic heterocycles. The zero-order chi connectivity index (χ0) is 14.5. The Morgan fingerprint density at radius 3 is 1.89 bits per heavy atom. The van der Waals surface area contributed by atoms with E-state index in [1.165, 1.54) is 6.92 Å². The quantitative estimate of drug-likeness (QED) is 0.421. The molecule has 0 heterocycles. The van der Waals surface area contributed by atoms with Gasteiger partial charge in [0.2, 0.25) is 0 Å². The molecule has 0 aromatic carbocycles. The van der Waals surface area contributed by atoms with Crippen molar-refractivity contribution in [1.29, 1.82) is 0 Å². The molecule has 1 fully saturated rings. The van der Waals surface area contributed by atoms with Gasteiger partial charge >= 0.3 is 0 Å². The maximum absolute atomic E-state index is 14.7. The molecule has 0 unspecified atom stereocenters. The first-order valence-electron chi connectivity index (χ1n) is 7.55. The van der Waals surface area contributed by atoms with Gasteiger partial charge in [-0.1, -0.05) is 58.4 Å². The van der Waals surface area contributed by atoms with E-state index in [0.717, 1.165) is 38.5 Å². The highest BCUT2D eigenvalue weighted by molar-refractivity contribution is 6.25. The molecular weight excluding hydrogens is 266 g/mol. The summed E-state index contributed by atoms with van der Waals surface area (Å²) >= 11 is 6.40. The third-order valence-corrected chi connectivity index (χ3v) is 4.65. The van der Waals surface area contributed by atoms with Crippen LogP contribution in [-0.2, 0) is 0 Å². The summed E-state index contributed by atoms with van der Waals surface area (Å²) in [7, 11) is 0. The van der Waals surface area contributed by atoms with Crippen LogP contribution in [0.2, 0.25) is 0 Å². The van der Waals surface area contributed by atoms with E-state index in [0.29, 0.717) is 12.8 Å². The van der Waals surface area contributed by atoms with Gasteiger partial charge < -0.3 is 0 Å². The fraction of sp³-hybridized carbons (Fsp3) is 0.875. The van der Waals surface area contributed by atoms with Gasteiger partial charge in [0.15, 0.2) is 0 Å². The SMILES string of the molecule is C/C(=C\C(C)C)C(F)(F)C1(Cl)CCCCCCCC1. The van der Waals surface area contributed by atoms with E-state index in [4.69, 9.17) is 11.6 Å². The highest BCUT2D eigenvalue weighted by Crippen LogP contribution is 2.47. The fourth-order valence-corrected chi connectivity index (χ4v) is 3.33. The van der Waals surface area contributed by atoms with Gasteiger partial charge in [0.05, 0.1) is 0 Å². The average molecular weight is 293 g/mol. The first kappa shape index (κ1) is 16.9. The van der Waals surface area contributed by atoms with E-state index in [-0.39, 0.29) is 11.5 Å². The van der Waals surface area contributed by atoms with Crippen LogP contribution in [0.1, 0.15) is 72.1 Å². The Kier molecular flexibility index (Phi) is 6.29. The second kappa shape index (κ2) is 7.06. The number of alkyl halides is 3. The molecule has 0 atom stereocenters. The normalized spacial score (nSPS) is 22.8. The molecule has 0 amide bonds. The van der Waals surface area contributed by atoms with Gasteiger partial charge in [-0.05, 0) is 31.3 Å². The van der Waals surface area contributed by atoms with E-state index in [1.54, 1.807) is 6.08 Å². The minimum Gasteiger partial charge on any atom is -0.200 e. The number of halogens is 3. The summed E-state index contributed by atoms with van der Waals surface area (Å²) in [6.45, 7) is 5.37. The van der Waals surface area contributed by atoms with Crippen LogP contribution in [0, 0.1) is 5.92 Å². The van der Waals surface area contributed by atoms with Crippen LogP contribution in [0.25, 0.3) is 0 Å². The Balaban J connectivity index is 2.92. The molecule has 0 aliphatic heterocycles. The molecule has 112 valence electrons. The number of rotatable bonds is 3. The molecule has 0 radical (unpaired) electrons. The van der Waals surface area contributed by atoms with Crippen LogP contribution in [0.4, 0.5) is 8.78 Å². The highest BCUT2D eigenvalue weighted by Gasteiger charge is 2.52. The van der Waals surface area contributed by atoms with Crippen molar-refractivity contribution in [3.8, 4) is 0 Å². The van der Waals surface area contributed by atoms with E-state index in [2.05, 4.69) is 0 Å². The summed E-state index contributed by atoms with van der Waals surface area (Å²) in [4.78, 5) is -1.38. The maximum Gasteiger partial charge on any atom is 0.287 e. The summed E-state index contributed by atoms with van der Waals surface area (Å²) < 4.78 is 29.4. The van der Waals surface area contributed by atoms with Gasteiger partial charge in [0.25, 0.3) is 5.92 Å². The number of allylic oxidation sites excluding steroid dienone is 2. The molecule has 0 spiro atoms. The molecule has 1 aliphatic rings. The Labute approximate surface area is 121 Å². The van der Waals surface area contributed by atoms with Gasteiger partial charge in [0, 0.05) is 0 Å². The Morgan fingerprint density at radius 2 is 1.47 bits per heavy atom. The van der Waals surface area contributed by atoms with Gasteiger partial charge in [-0.2, -0.15) is 8.78 Å². The summed E-state index contributed by atoms with van der Waals surface area (Å²) in [5.41, 5.74) is 0.136. The van der Waals surface area contributed by atoms with E-state index < -0.39 is 10.8 Å². The smallest absolute Gasteiger partial charge is 0.200 e. The molecule has 19 heavy (non-hydrogen) atoms. The molecule has 0 saturated heterocycles. The van der Waals surface area contributed by atoms with Crippen molar-refractivity contribution in [2.45, 2.75) is 82.9 Å². The number of hydrogen-bond donors (Lipinski definition) is 0. The second-order valence-electron chi connectivity index (χ2n) is 6.25. The zero-order valence-corrected chi connectivity index (χ0v) is 13.2. The third kappa shape index (κ3) is 4.44. The highest BCUT2D eigenvalue weighted by atomic mass is 35.5. The van der Waals surface area contributed by atoms with Crippen molar-refractivity contribution in [2.24, 2.45) is 5.92 Å². The van der Waals surface area contributed by atoms with E-state index in [1.807, 2.05) is 13.8 Å². The monoisotopic (exact) mass is 292 g/mol. The summed E-state index contributed by atoms with van der Waals surface area (Å²) in [6.07, 6.45) is 8.47. The lowest BCUT2D eigenvalue weighted by molar-refractivity contribution is -0.0139. The molecule has 3 heteroatoms. The van der Waals surface area contributed by atoms with E-state index >= 15 is 0 Å². The fourth-order valence-electron chi connectivity index (χ4n) is 2.91. The first-order chi connectivity index (χ1) is 8.79. The van der Waals surface area contributed by atoms with Crippen LogP contribution in [0.5, 0.6) is 0 Å². The van der Waals surface area contributed by atoms with Crippen molar-refractivity contribution in [3.63, 3.8) is 0 Å². The van der Waals surface area contributed by atoms with Crippen LogP contribution in [-0.4, -0.2) is 10.8 Å². The topological polar surface area (TPSA) is 0 Å². The molecule has 1 aliphatic carbocycles. The lowest BCUT2D eigenvalue weighted by Crippen LogP contribution is -2.44. The minimum absolute atomic E-state index is 0.127. The van der Waals surface area contributed by atoms with Crippen molar-refractivity contribution in [3.05, 3.63) is 11.6 Å².